The fourth-order valence-corrected chi connectivity index (χ4v) is 3.29. The van der Waals surface area contributed by atoms with Gasteiger partial charge in [0.2, 0.25) is 11.8 Å². The molecule has 2 aliphatic rings. The molecule has 106 valence electrons. The number of amides is 2. The molecule has 1 aromatic carbocycles. The van der Waals surface area contributed by atoms with Crippen LogP contribution in [0.3, 0.4) is 0 Å². The van der Waals surface area contributed by atoms with Crippen LogP contribution >= 0.6 is 15.9 Å². The highest BCUT2D eigenvalue weighted by molar-refractivity contribution is 9.10. The molecule has 0 spiro atoms. The van der Waals surface area contributed by atoms with Crippen molar-refractivity contribution in [2.24, 2.45) is 0 Å². The van der Waals surface area contributed by atoms with E-state index in [0.717, 1.165) is 22.9 Å². The van der Waals surface area contributed by atoms with Crippen LogP contribution in [0, 0.1) is 0 Å². The Labute approximate surface area is 125 Å². The van der Waals surface area contributed by atoms with Gasteiger partial charge in [-0.2, -0.15) is 0 Å². The largest absolute Gasteiger partial charge is 0.398 e. The van der Waals surface area contributed by atoms with Gasteiger partial charge in [0, 0.05) is 23.2 Å². The number of rotatable bonds is 2. The summed E-state index contributed by atoms with van der Waals surface area (Å²) in [5.74, 6) is 0.0900. The summed E-state index contributed by atoms with van der Waals surface area (Å²) in [4.78, 5) is 27.8. The third-order valence-electron chi connectivity index (χ3n) is 3.97. The average molecular weight is 338 g/mol. The Morgan fingerprint density at radius 2 is 2.15 bits per heavy atom. The molecular weight excluding hydrogens is 322 g/mol. The zero-order valence-corrected chi connectivity index (χ0v) is 12.6. The van der Waals surface area contributed by atoms with Gasteiger partial charge < -0.3 is 15.5 Å². The van der Waals surface area contributed by atoms with E-state index in [2.05, 4.69) is 15.9 Å². The molecule has 2 heterocycles. The highest BCUT2D eigenvalue weighted by Gasteiger charge is 2.41. The maximum absolute atomic E-state index is 12.4. The molecule has 3 rings (SSSR count). The highest BCUT2D eigenvalue weighted by atomic mass is 79.9. The van der Waals surface area contributed by atoms with Crippen molar-refractivity contribution >= 4 is 33.4 Å². The molecular formula is C14H16BrN3O2. The van der Waals surface area contributed by atoms with Crippen LogP contribution in [0.15, 0.2) is 22.7 Å². The van der Waals surface area contributed by atoms with Crippen LogP contribution in [0.5, 0.6) is 0 Å². The van der Waals surface area contributed by atoms with Gasteiger partial charge in [-0.25, -0.2) is 0 Å². The van der Waals surface area contributed by atoms with Crippen LogP contribution in [-0.2, 0) is 16.1 Å². The Morgan fingerprint density at radius 3 is 2.90 bits per heavy atom. The molecule has 0 bridgehead atoms. The quantitative estimate of drug-likeness (QED) is 0.828. The highest BCUT2D eigenvalue weighted by Crippen LogP contribution is 2.26. The second kappa shape index (κ2) is 5.09. The lowest BCUT2D eigenvalue weighted by Crippen LogP contribution is -2.56. The number of nitrogens with two attached hydrogens (primary N) is 1. The zero-order chi connectivity index (χ0) is 14.3. The number of hydrogen-bond donors (Lipinski definition) is 1. The minimum Gasteiger partial charge on any atom is -0.398 e. The lowest BCUT2D eigenvalue weighted by atomic mass is 10.1. The summed E-state index contributed by atoms with van der Waals surface area (Å²) in [6, 6.07) is 5.34. The van der Waals surface area contributed by atoms with Gasteiger partial charge in [-0.1, -0.05) is 22.0 Å². The fraction of sp³-hybridized carbons (Fsp3) is 0.429. The number of nitrogens with zero attached hydrogens (tertiary/aromatic N) is 2. The number of carbonyl (C=O) groups excluding carboxylic acids is 2. The smallest absolute Gasteiger partial charge is 0.246 e. The summed E-state index contributed by atoms with van der Waals surface area (Å²) >= 11 is 3.36. The summed E-state index contributed by atoms with van der Waals surface area (Å²) in [7, 11) is 0. The van der Waals surface area contributed by atoms with E-state index < -0.39 is 0 Å². The third kappa shape index (κ3) is 2.28. The Morgan fingerprint density at radius 1 is 1.35 bits per heavy atom. The predicted molar refractivity (Wildman–Crippen MR) is 78.7 cm³/mol. The van der Waals surface area contributed by atoms with Crippen molar-refractivity contribution in [2.75, 3.05) is 18.8 Å². The van der Waals surface area contributed by atoms with Crippen LogP contribution in [-0.4, -0.2) is 40.7 Å². The van der Waals surface area contributed by atoms with Crippen molar-refractivity contribution in [3.05, 3.63) is 28.2 Å². The second-order valence-corrected chi connectivity index (χ2v) is 6.20. The molecule has 2 amide bonds. The van der Waals surface area contributed by atoms with E-state index in [-0.39, 0.29) is 24.4 Å². The van der Waals surface area contributed by atoms with E-state index in [4.69, 9.17) is 5.73 Å². The molecule has 2 aliphatic heterocycles. The monoisotopic (exact) mass is 337 g/mol. The number of benzene rings is 1. The lowest BCUT2D eigenvalue weighted by Gasteiger charge is -2.36. The van der Waals surface area contributed by atoms with Crippen molar-refractivity contribution < 1.29 is 9.59 Å². The van der Waals surface area contributed by atoms with Gasteiger partial charge in [-0.3, -0.25) is 9.59 Å². The Bertz CT molecular complexity index is 576. The van der Waals surface area contributed by atoms with E-state index in [1.165, 1.54) is 0 Å². The maximum atomic E-state index is 12.4. The second-order valence-electron chi connectivity index (χ2n) is 5.28. The van der Waals surface area contributed by atoms with Crippen molar-refractivity contribution in [2.45, 2.75) is 25.4 Å². The minimum atomic E-state index is -0.257. The van der Waals surface area contributed by atoms with Gasteiger partial charge >= 0.3 is 0 Å². The summed E-state index contributed by atoms with van der Waals surface area (Å²) in [5.41, 5.74) is 7.47. The maximum Gasteiger partial charge on any atom is 0.246 e. The number of carbonyl (C=O) groups is 2. The molecule has 0 aromatic heterocycles. The Kier molecular flexibility index (Phi) is 3.41. The molecule has 2 fully saturated rings. The van der Waals surface area contributed by atoms with Crippen LogP contribution in [0.25, 0.3) is 0 Å². The standard InChI is InChI=1S/C14H16BrN3O2/c15-10-4-3-9(11(16)6-10)7-17-8-13(19)18-5-1-2-12(18)14(17)20/h3-4,6,12H,1-2,5,7-8,16H2. The Balaban J connectivity index is 1.80. The van der Waals surface area contributed by atoms with Gasteiger partial charge in [0.1, 0.15) is 12.6 Å². The van der Waals surface area contributed by atoms with E-state index in [0.29, 0.717) is 18.8 Å². The van der Waals surface area contributed by atoms with E-state index in [9.17, 15) is 9.59 Å². The lowest BCUT2D eigenvalue weighted by molar-refractivity contribution is -0.154. The topological polar surface area (TPSA) is 66.6 Å². The number of halogens is 1. The molecule has 5 nitrogen and oxygen atoms in total. The Hall–Kier alpha value is -1.56. The van der Waals surface area contributed by atoms with Crippen LogP contribution in [0.2, 0.25) is 0 Å². The summed E-state index contributed by atoms with van der Waals surface area (Å²) in [6.07, 6.45) is 1.69. The first-order valence-electron chi connectivity index (χ1n) is 6.68. The van der Waals surface area contributed by atoms with Gasteiger partial charge in [0.15, 0.2) is 0 Å². The van der Waals surface area contributed by atoms with Crippen molar-refractivity contribution in [3.8, 4) is 0 Å². The molecule has 0 aliphatic carbocycles. The van der Waals surface area contributed by atoms with Crippen LogP contribution in [0.4, 0.5) is 5.69 Å². The number of fused-ring (bicyclic) bond motifs is 1. The number of anilines is 1. The molecule has 2 N–H and O–H groups in total. The average Bonchev–Trinajstić information content (AvgIpc) is 2.88. The number of piperazine rings is 1. The van der Waals surface area contributed by atoms with Crippen molar-refractivity contribution in [1.29, 1.82) is 0 Å². The van der Waals surface area contributed by atoms with Crippen molar-refractivity contribution in [1.82, 2.24) is 9.80 Å². The van der Waals surface area contributed by atoms with Gasteiger partial charge in [0.05, 0.1) is 0 Å². The predicted octanol–water partition coefficient (Wildman–Crippen LogP) is 1.36. The third-order valence-corrected chi connectivity index (χ3v) is 4.46. The van der Waals surface area contributed by atoms with Crippen LogP contribution in [0.1, 0.15) is 18.4 Å². The first kappa shape index (κ1) is 13.4. The fourth-order valence-electron chi connectivity index (χ4n) is 2.91. The summed E-state index contributed by atoms with van der Waals surface area (Å²) in [5, 5.41) is 0. The zero-order valence-electron chi connectivity index (χ0n) is 11.0. The summed E-state index contributed by atoms with van der Waals surface area (Å²) in [6.45, 7) is 1.27. The minimum absolute atomic E-state index is 0.0442. The summed E-state index contributed by atoms with van der Waals surface area (Å²) < 4.78 is 0.904. The van der Waals surface area contributed by atoms with E-state index in [1.54, 1.807) is 9.80 Å². The normalized spacial score (nSPS) is 22.4. The van der Waals surface area contributed by atoms with E-state index >= 15 is 0 Å². The molecule has 1 unspecified atom stereocenters. The van der Waals surface area contributed by atoms with Gasteiger partial charge in [0.25, 0.3) is 0 Å². The van der Waals surface area contributed by atoms with E-state index in [1.807, 2.05) is 18.2 Å². The van der Waals surface area contributed by atoms with Gasteiger partial charge in [-0.05, 0) is 30.5 Å². The molecule has 20 heavy (non-hydrogen) atoms. The molecule has 0 saturated carbocycles. The molecule has 6 heteroatoms. The molecule has 0 radical (unpaired) electrons. The number of hydrogen-bond acceptors (Lipinski definition) is 3. The first-order valence-corrected chi connectivity index (χ1v) is 7.48. The number of nitrogen functional groups attached to an aromatic ring is 1. The molecule has 1 atom stereocenters. The van der Waals surface area contributed by atoms with Gasteiger partial charge in [-0.15, -0.1) is 0 Å². The van der Waals surface area contributed by atoms with Crippen molar-refractivity contribution in [3.63, 3.8) is 0 Å². The molecule has 2 saturated heterocycles. The first-order chi connectivity index (χ1) is 9.56. The molecule has 1 aromatic rings. The van der Waals surface area contributed by atoms with Crippen LogP contribution < -0.4 is 5.73 Å². The SMILES string of the molecule is Nc1cc(Br)ccc1CN1CC(=O)N2CCCC2C1=O.